The van der Waals surface area contributed by atoms with Crippen molar-refractivity contribution in [1.29, 1.82) is 0 Å². The first-order chi connectivity index (χ1) is 7.59. The number of nitrogens with two attached hydrogens (primary N) is 1. The number of nitrogen functional groups attached to an aromatic ring is 1. The van der Waals surface area contributed by atoms with E-state index in [1.54, 1.807) is 0 Å². The topological polar surface area (TPSA) is 106 Å². The van der Waals surface area contributed by atoms with Crippen LogP contribution in [0.25, 0.3) is 0 Å². The van der Waals surface area contributed by atoms with E-state index in [9.17, 15) is 21.2 Å². The van der Waals surface area contributed by atoms with Crippen molar-refractivity contribution < 1.29 is 21.2 Å². The predicted octanol–water partition coefficient (Wildman–Crippen LogP) is 0.152. The lowest BCUT2D eigenvalue weighted by atomic mass is 10.3. The van der Waals surface area contributed by atoms with Gasteiger partial charge in [-0.05, 0) is 18.2 Å². The Morgan fingerprint density at radius 1 is 1.29 bits per heavy atom. The molecule has 96 valence electrons. The molecule has 0 atom stereocenters. The lowest BCUT2D eigenvalue weighted by Crippen LogP contribution is -2.22. The van der Waals surface area contributed by atoms with Crippen molar-refractivity contribution in [3.8, 4) is 0 Å². The van der Waals surface area contributed by atoms with Crippen LogP contribution in [-0.2, 0) is 19.9 Å². The molecule has 0 amide bonds. The summed E-state index contributed by atoms with van der Waals surface area (Å²) >= 11 is 0. The van der Waals surface area contributed by atoms with E-state index < -0.39 is 30.8 Å². The third kappa shape index (κ3) is 4.57. The zero-order valence-corrected chi connectivity index (χ0v) is 10.5. The van der Waals surface area contributed by atoms with Crippen LogP contribution in [0.1, 0.15) is 0 Å². The van der Waals surface area contributed by atoms with Crippen molar-refractivity contribution in [2.75, 3.05) is 21.8 Å². The van der Waals surface area contributed by atoms with E-state index in [1.165, 1.54) is 6.07 Å². The molecule has 1 rings (SSSR count). The van der Waals surface area contributed by atoms with Gasteiger partial charge in [0.05, 0.1) is 5.69 Å². The van der Waals surface area contributed by atoms with Gasteiger partial charge < -0.3 is 5.73 Å². The second-order valence-electron chi connectivity index (χ2n) is 3.50. The Labute approximate surface area is 98.6 Å². The first-order valence-electron chi connectivity index (χ1n) is 4.32. The summed E-state index contributed by atoms with van der Waals surface area (Å²) in [7, 11) is -7.89. The van der Waals surface area contributed by atoms with Gasteiger partial charge in [-0.15, -0.1) is 0 Å². The minimum absolute atomic E-state index is 0.156. The lowest BCUT2D eigenvalue weighted by molar-refractivity contribution is 0.593. The molecule has 0 aliphatic rings. The van der Waals surface area contributed by atoms with Gasteiger partial charge in [-0.2, -0.15) is 0 Å². The van der Waals surface area contributed by atoms with Gasteiger partial charge in [0.15, 0.2) is 14.9 Å². The fourth-order valence-corrected chi connectivity index (χ4v) is 4.08. The maximum absolute atomic E-state index is 13.2. The fraction of sp³-hybridized carbons (Fsp3) is 0.250. The van der Waals surface area contributed by atoms with E-state index in [-0.39, 0.29) is 11.4 Å². The molecule has 6 nitrogen and oxygen atoms in total. The third-order valence-electron chi connectivity index (χ3n) is 1.63. The molecule has 0 spiro atoms. The summed E-state index contributed by atoms with van der Waals surface area (Å²) < 4.78 is 59.5. The van der Waals surface area contributed by atoms with Gasteiger partial charge in [-0.1, -0.05) is 0 Å². The molecule has 0 bridgehead atoms. The second kappa shape index (κ2) is 4.49. The first-order valence-corrected chi connectivity index (χ1v) is 8.03. The van der Waals surface area contributed by atoms with Crippen molar-refractivity contribution >= 4 is 31.2 Å². The van der Waals surface area contributed by atoms with Crippen LogP contribution in [0.3, 0.4) is 0 Å². The SMILES string of the molecule is CS(=O)(=O)CS(=O)(=O)Nc1cc(N)ccc1F. The number of anilines is 2. The average molecular weight is 282 g/mol. The minimum atomic E-state index is -4.17. The summed E-state index contributed by atoms with van der Waals surface area (Å²) in [5.74, 6) is -0.837. The Hall–Kier alpha value is -1.35. The Kier molecular flexibility index (Phi) is 3.62. The van der Waals surface area contributed by atoms with E-state index in [0.717, 1.165) is 18.4 Å². The summed E-state index contributed by atoms with van der Waals surface area (Å²) in [6.45, 7) is 0. The zero-order valence-electron chi connectivity index (χ0n) is 8.84. The number of nitrogens with one attached hydrogen (secondary N) is 1. The molecule has 3 N–H and O–H groups in total. The van der Waals surface area contributed by atoms with Gasteiger partial charge in [0, 0.05) is 11.9 Å². The van der Waals surface area contributed by atoms with Gasteiger partial charge in [0.25, 0.3) is 0 Å². The molecule has 0 aromatic heterocycles. The van der Waals surface area contributed by atoms with Crippen LogP contribution < -0.4 is 10.5 Å². The summed E-state index contributed by atoms with van der Waals surface area (Å²) in [5, 5.41) is -1.12. The molecule has 0 aliphatic heterocycles. The van der Waals surface area contributed by atoms with Crippen LogP contribution in [0.4, 0.5) is 15.8 Å². The van der Waals surface area contributed by atoms with Crippen molar-refractivity contribution in [2.45, 2.75) is 0 Å². The van der Waals surface area contributed by atoms with Gasteiger partial charge in [0.2, 0.25) is 10.0 Å². The van der Waals surface area contributed by atoms with Gasteiger partial charge in [0.1, 0.15) is 5.82 Å². The molecule has 0 aliphatic carbocycles. The van der Waals surface area contributed by atoms with Crippen molar-refractivity contribution in [1.82, 2.24) is 0 Å². The molecule has 1 aromatic carbocycles. The normalized spacial score (nSPS) is 12.4. The van der Waals surface area contributed by atoms with E-state index in [0.29, 0.717) is 0 Å². The summed E-state index contributed by atoms with van der Waals surface area (Å²) in [5.41, 5.74) is 5.13. The molecule has 0 radical (unpaired) electrons. The number of sulfone groups is 1. The number of rotatable bonds is 4. The highest BCUT2D eigenvalue weighted by Gasteiger charge is 2.19. The highest BCUT2D eigenvalue weighted by molar-refractivity contribution is 8.08. The molecule has 0 heterocycles. The summed E-state index contributed by atoms with van der Waals surface area (Å²) in [6, 6.07) is 3.30. The molecular weight excluding hydrogens is 271 g/mol. The standard InChI is InChI=1S/C8H11FN2O4S2/c1-16(12,13)5-17(14,15)11-8-4-6(10)2-3-7(8)9/h2-4,11H,5,10H2,1H3. The average Bonchev–Trinajstić information content (AvgIpc) is 2.06. The zero-order chi connectivity index (χ0) is 13.3. The number of sulfonamides is 1. The molecule has 0 saturated heterocycles. The van der Waals surface area contributed by atoms with Crippen molar-refractivity contribution in [3.63, 3.8) is 0 Å². The van der Waals surface area contributed by atoms with Crippen LogP contribution in [-0.4, -0.2) is 28.2 Å². The highest BCUT2D eigenvalue weighted by Crippen LogP contribution is 2.18. The molecular formula is C8H11FN2O4S2. The number of benzene rings is 1. The smallest absolute Gasteiger partial charge is 0.247 e. The molecule has 1 aromatic rings. The molecule has 0 unspecified atom stereocenters. The second-order valence-corrected chi connectivity index (χ2v) is 7.73. The van der Waals surface area contributed by atoms with Crippen molar-refractivity contribution in [3.05, 3.63) is 24.0 Å². The van der Waals surface area contributed by atoms with Gasteiger partial charge in [-0.25, -0.2) is 21.2 Å². The minimum Gasteiger partial charge on any atom is -0.399 e. The van der Waals surface area contributed by atoms with Crippen LogP contribution in [0.5, 0.6) is 0 Å². The largest absolute Gasteiger partial charge is 0.399 e. The van der Waals surface area contributed by atoms with E-state index in [4.69, 9.17) is 5.73 Å². The van der Waals surface area contributed by atoms with E-state index in [1.807, 2.05) is 4.72 Å². The van der Waals surface area contributed by atoms with E-state index >= 15 is 0 Å². The Morgan fingerprint density at radius 3 is 2.41 bits per heavy atom. The Bertz CT molecular complexity index is 625. The molecule has 0 fully saturated rings. The van der Waals surface area contributed by atoms with Crippen LogP contribution in [0.2, 0.25) is 0 Å². The fourth-order valence-electron chi connectivity index (χ4n) is 1.10. The maximum Gasteiger partial charge on any atom is 0.247 e. The Balaban J connectivity index is 3.02. The third-order valence-corrected chi connectivity index (χ3v) is 5.11. The van der Waals surface area contributed by atoms with E-state index in [2.05, 4.69) is 0 Å². The quantitative estimate of drug-likeness (QED) is 0.765. The van der Waals surface area contributed by atoms with Crippen LogP contribution in [0, 0.1) is 5.82 Å². The molecule has 0 saturated carbocycles. The lowest BCUT2D eigenvalue weighted by Gasteiger charge is -2.08. The summed E-state index contributed by atoms with van der Waals surface area (Å²) in [4.78, 5) is 0. The summed E-state index contributed by atoms with van der Waals surface area (Å²) in [6.07, 6.45) is 0.766. The molecule has 9 heteroatoms. The number of hydrogen-bond acceptors (Lipinski definition) is 5. The van der Waals surface area contributed by atoms with Crippen LogP contribution in [0.15, 0.2) is 18.2 Å². The number of halogens is 1. The predicted molar refractivity (Wildman–Crippen MR) is 63.1 cm³/mol. The highest BCUT2D eigenvalue weighted by atomic mass is 32.3. The van der Waals surface area contributed by atoms with Crippen LogP contribution >= 0.6 is 0 Å². The number of hydrogen-bond donors (Lipinski definition) is 2. The molecule has 17 heavy (non-hydrogen) atoms. The van der Waals surface area contributed by atoms with Crippen molar-refractivity contribution in [2.24, 2.45) is 0 Å². The monoisotopic (exact) mass is 282 g/mol. The van der Waals surface area contributed by atoms with Gasteiger partial charge in [-0.3, -0.25) is 4.72 Å². The van der Waals surface area contributed by atoms with Gasteiger partial charge >= 0.3 is 0 Å². The first kappa shape index (κ1) is 13.7. The Morgan fingerprint density at radius 2 is 1.88 bits per heavy atom. The maximum atomic E-state index is 13.2.